The zero-order valence-electron chi connectivity index (χ0n) is 8.48. The van der Waals surface area contributed by atoms with Crippen molar-refractivity contribution in [2.45, 2.75) is 30.1 Å². The van der Waals surface area contributed by atoms with Crippen LogP contribution in [0.15, 0.2) is 0 Å². The summed E-state index contributed by atoms with van der Waals surface area (Å²) in [5.74, 6) is 0. The van der Waals surface area contributed by atoms with Crippen LogP contribution in [0.4, 0.5) is 0 Å². The van der Waals surface area contributed by atoms with Gasteiger partial charge in [0.25, 0.3) is 10.1 Å². The summed E-state index contributed by atoms with van der Waals surface area (Å²) in [7, 11) is -9.41. The van der Waals surface area contributed by atoms with E-state index in [0.29, 0.717) is 0 Å². The molecule has 0 bridgehead atoms. The summed E-state index contributed by atoms with van der Waals surface area (Å²) in [5, 5.41) is 17.5. The number of hydrogen-bond acceptors (Lipinski definition) is 7. The first-order valence-corrected chi connectivity index (χ1v) is 6.79. The fourth-order valence-electron chi connectivity index (χ4n) is 0.760. The molecule has 0 aromatic carbocycles. The third kappa shape index (κ3) is 7.92. The maximum absolute atomic E-state index is 10.3. The van der Waals surface area contributed by atoms with Gasteiger partial charge in [0.15, 0.2) is 5.44 Å². The first kappa shape index (κ1) is 19.1. The van der Waals surface area contributed by atoms with Crippen LogP contribution < -0.4 is 29.6 Å². The summed E-state index contributed by atoms with van der Waals surface area (Å²) in [5.41, 5.74) is -4.18. The van der Waals surface area contributed by atoms with Crippen molar-refractivity contribution in [2.24, 2.45) is 0 Å². The van der Waals surface area contributed by atoms with E-state index >= 15 is 0 Å². The van der Waals surface area contributed by atoms with Crippen LogP contribution in [0.25, 0.3) is 0 Å². The van der Waals surface area contributed by atoms with Gasteiger partial charge in [-0.05, 0) is 19.3 Å². The summed E-state index contributed by atoms with van der Waals surface area (Å²) in [6, 6.07) is 0. The monoisotopic (exact) mass is 286 g/mol. The Hall–Kier alpha value is 0.740. The van der Waals surface area contributed by atoms with Crippen LogP contribution in [0.5, 0.6) is 0 Å². The first-order valence-electron chi connectivity index (χ1n) is 3.82. The van der Waals surface area contributed by atoms with Gasteiger partial charge in [-0.25, -0.2) is 8.42 Å². The maximum Gasteiger partial charge on any atom is 1.00 e. The Morgan fingerprint density at radius 3 is 1.69 bits per heavy atom. The van der Waals surface area contributed by atoms with Crippen LogP contribution in [0, 0.1) is 0 Å². The summed E-state index contributed by atoms with van der Waals surface area (Å²) < 4.78 is 59.3. The second-order valence-electron chi connectivity index (χ2n) is 2.85. The Kier molecular flexibility index (Phi) is 8.63. The van der Waals surface area contributed by atoms with Crippen LogP contribution in [-0.2, 0) is 20.2 Å². The summed E-state index contributed by atoms with van der Waals surface area (Å²) in [4.78, 5) is 0. The average Bonchev–Trinajstić information content (AvgIpc) is 2.00. The van der Waals surface area contributed by atoms with Crippen LogP contribution in [0.3, 0.4) is 0 Å². The minimum atomic E-state index is -4.82. The van der Waals surface area contributed by atoms with Gasteiger partial charge in [0, 0.05) is 0 Å². The molecule has 11 heteroatoms. The summed E-state index contributed by atoms with van der Waals surface area (Å²) >= 11 is 0. The molecule has 0 aliphatic rings. The zero-order valence-corrected chi connectivity index (χ0v) is 12.1. The van der Waals surface area contributed by atoms with E-state index in [9.17, 15) is 21.4 Å². The fraction of sp³-hybridized carbons (Fsp3) is 1.00. The van der Waals surface area contributed by atoms with Gasteiger partial charge >= 0.3 is 29.6 Å². The molecular weight excluding hydrogens is 275 g/mol. The quantitative estimate of drug-likeness (QED) is 0.325. The molecule has 0 heterocycles. The molecule has 0 aromatic rings. The Bertz CT molecular complexity index is 349. The van der Waals surface area contributed by atoms with Gasteiger partial charge in [0.1, 0.15) is 15.6 Å². The molecule has 0 rings (SSSR count). The van der Waals surface area contributed by atoms with Gasteiger partial charge in [0.2, 0.25) is 0 Å². The van der Waals surface area contributed by atoms with E-state index in [1.54, 1.807) is 0 Å². The van der Waals surface area contributed by atoms with Crippen molar-refractivity contribution in [2.75, 3.05) is 0 Å². The van der Waals surface area contributed by atoms with E-state index in [0.717, 1.165) is 0 Å². The minimum absolute atomic E-state index is 0. The number of aliphatic hydroxyl groups excluding tert-OH is 2. The molecule has 0 aliphatic carbocycles. The molecule has 3 N–H and O–H groups in total. The molecule has 16 heavy (non-hydrogen) atoms. The molecule has 0 fully saturated rings. The molecule has 0 radical (unpaired) electrons. The van der Waals surface area contributed by atoms with Crippen molar-refractivity contribution < 1.29 is 65.7 Å². The number of aliphatic hydroxyl groups is 2. The van der Waals surface area contributed by atoms with Gasteiger partial charge in [-0.2, -0.15) is 8.42 Å². The van der Waals surface area contributed by atoms with Crippen LogP contribution >= 0.6 is 0 Å². The molecular formula is C5H11NaO8S2. The average molecular weight is 286 g/mol. The number of rotatable bonds is 6. The molecule has 0 spiro atoms. The Morgan fingerprint density at radius 1 is 1.00 bits per heavy atom. The van der Waals surface area contributed by atoms with E-state index < -0.39 is 43.9 Å². The normalized spacial score (nSPS) is 16.2. The Morgan fingerprint density at radius 2 is 1.38 bits per heavy atom. The third-order valence-electron chi connectivity index (χ3n) is 1.58. The van der Waals surface area contributed by atoms with Crippen molar-refractivity contribution in [3.05, 3.63) is 0 Å². The van der Waals surface area contributed by atoms with Crippen molar-refractivity contribution in [3.8, 4) is 0 Å². The topological polar surface area (TPSA) is 152 Å². The predicted octanol–water partition coefficient (Wildman–Crippen LogP) is -4.77. The summed E-state index contributed by atoms with van der Waals surface area (Å²) in [6.07, 6.45) is -1.20. The molecule has 0 aliphatic heterocycles. The third-order valence-corrected chi connectivity index (χ3v) is 3.40. The van der Waals surface area contributed by atoms with Crippen molar-refractivity contribution in [1.29, 1.82) is 0 Å². The summed E-state index contributed by atoms with van der Waals surface area (Å²) in [6.45, 7) is 0. The van der Waals surface area contributed by atoms with Gasteiger partial charge in [-0.3, -0.25) is 4.55 Å². The molecule has 0 saturated heterocycles. The van der Waals surface area contributed by atoms with E-state index in [1.165, 1.54) is 0 Å². The molecule has 2 unspecified atom stereocenters. The van der Waals surface area contributed by atoms with Crippen molar-refractivity contribution in [1.82, 2.24) is 0 Å². The smallest absolute Gasteiger partial charge is 0.746 e. The van der Waals surface area contributed by atoms with Crippen LogP contribution in [0.1, 0.15) is 19.3 Å². The van der Waals surface area contributed by atoms with Gasteiger partial charge < -0.3 is 14.8 Å². The largest absolute Gasteiger partial charge is 1.00 e. The van der Waals surface area contributed by atoms with Crippen molar-refractivity contribution >= 4 is 20.2 Å². The SMILES string of the molecule is O=S(=O)([O-])C(O)CCCC(O)S(=O)(=O)O.[Na+]. The zero-order chi connectivity index (χ0) is 12.3. The molecule has 0 saturated carbocycles. The van der Waals surface area contributed by atoms with Crippen LogP contribution in [0.2, 0.25) is 0 Å². The predicted molar refractivity (Wildman–Crippen MR) is 47.1 cm³/mol. The van der Waals surface area contributed by atoms with E-state index in [4.69, 9.17) is 14.8 Å². The number of hydrogen-bond donors (Lipinski definition) is 3. The fourth-order valence-corrected chi connectivity index (χ4v) is 1.68. The van der Waals surface area contributed by atoms with Gasteiger partial charge in [-0.15, -0.1) is 0 Å². The molecule has 2 atom stereocenters. The van der Waals surface area contributed by atoms with Crippen LogP contribution in [-0.4, -0.2) is 47.0 Å². The standard InChI is InChI=1S/C5H12O8S2.Na/c6-4(14(8,9)10)2-1-3-5(7)15(11,12)13;/h4-7H,1-3H2,(H,8,9,10)(H,11,12,13);/q;+1/p-1. The Labute approximate surface area is 115 Å². The first-order chi connectivity index (χ1) is 6.55. The second-order valence-corrected chi connectivity index (χ2v) is 5.95. The van der Waals surface area contributed by atoms with E-state index in [1.807, 2.05) is 0 Å². The van der Waals surface area contributed by atoms with Gasteiger partial charge in [-0.1, -0.05) is 0 Å². The van der Waals surface area contributed by atoms with E-state index in [-0.39, 0.29) is 36.0 Å². The second kappa shape index (κ2) is 7.24. The van der Waals surface area contributed by atoms with Crippen molar-refractivity contribution in [3.63, 3.8) is 0 Å². The van der Waals surface area contributed by atoms with Gasteiger partial charge in [0.05, 0.1) is 0 Å². The molecule has 0 amide bonds. The maximum atomic E-state index is 10.3. The molecule has 8 nitrogen and oxygen atoms in total. The Balaban J connectivity index is 0. The molecule has 0 aromatic heterocycles. The minimum Gasteiger partial charge on any atom is -0.746 e. The van der Waals surface area contributed by atoms with E-state index in [2.05, 4.69) is 0 Å². The molecule has 92 valence electrons.